The van der Waals surface area contributed by atoms with Crippen LogP contribution < -0.4 is 5.43 Å². The smallest absolute Gasteiger partial charge is 0.182 e. The summed E-state index contributed by atoms with van der Waals surface area (Å²) in [4.78, 5) is 18.0. The average Bonchev–Trinajstić information content (AvgIpc) is 2.29. The lowest BCUT2D eigenvalue weighted by Crippen LogP contribution is -1.98. The summed E-state index contributed by atoms with van der Waals surface area (Å²) in [5, 5.41) is 8.70. The van der Waals surface area contributed by atoms with Crippen LogP contribution in [0.2, 0.25) is 0 Å². The number of nitriles is 1. The van der Waals surface area contributed by atoms with E-state index in [1.807, 2.05) is 6.07 Å². The maximum absolute atomic E-state index is 11.1. The molecule has 0 bridgehead atoms. The molecule has 0 saturated carbocycles. The second-order valence-electron chi connectivity index (χ2n) is 3.01. The van der Waals surface area contributed by atoms with Gasteiger partial charge >= 0.3 is 0 Å². The van der Waals surface area contributed by atoms with Crippen molar-refractivity contribution in [2.75, 3.05) is 0 Å². The van der Waals surface area contributed by atoms with Crippen LogP contribution in [-0.2, 0) is 0 Å². The third kappa shape index (κ3) is 1.92. The van der Waals surface area contributed by atoms with Crippen LogP contribution in [0.4, 0.5) is 0 Å². The molecule has 0 spiro atoms. The van der Waals surface area contributed by atoms with Gasteiger partial charge in [-0.25, -0.2) is 0 Å². The van der Waals surface area contributed by atoms with E-state index in [9.17, 15) is 4.79 Å². The van der Waals surface area contributed by atoms with Gasteiger partial charge in [-0.2, -0.15) is 5.26 Å². The maximum Gasteiger partial charge on any atom is 0.182 e. The van der Waals surface area contributed by atoms with Crippen LogP contribution in [0, 0.1) is 11.3 Å². The van der Waals surface area contributed by atoms with Gasteiger partial charge in [0.05, 0.1) is 11.3 Å². The number of aromatic amines is 1. The summed E-state index contributed by atoms with van der Waals surface area (Å²) in [6, 6.07) is 6.58. The fraction of sp³-hybridized carbons (Fsp3) is 0. The van der Waals surface area contributed by atoms with Crippen molar-refractivity contribution in [1.29, 1.82) is 5.26 Å². The van der Waals surface area contributed by atoms with Crippen LogP contribution in [0.3, 0.4) is 0 Å². The first kappa shape index (κ1) is 9.16. The first-order valence-electron chi connectivity index (χ1n) is 4.34. The Morgan fingerprint density at radius 3 is 2.93 bits per heavy atom. The largest absolute Gasteiger partial charge is 0.361 e. The molecule has 2 heterocycles. The Kier molecular flexibility index (Phi) is 2.30. The van der Waals surface area contributed by atoms with Crippen LogP contribution in [0.1, 0.15) is 5.56 Å². The van der Waals surface area contributed by atoms with Crippen molar-refractivity contribution in [1.82, 2.24) is 9.97 Å². The molecule has 0 unspecified atom stereocenters. The second kappa shape index (κ2) is 3.76. The maximum atomic E-state index is 11.1. The van der Waals surface area contributed by atoms with Gasteiger partial charge in [0.15, 0.2) is 5.43 Å². The molecule has 0 aromatic carbocycles. The van der Waals surface area contributed by atoms with Crippen LogP contribution in [-0.4, -0.2) is 9.97 Å². The van der Waals surface area contributed by atoms with Crippen LogP contribution >= 0.6 is 0 Å². The quantitative estimate of drug-likeness (QED) is 0.749. The van der Waals surface area contributed by atoms with E-state index in [1.165, 1.54) is 18.3 Å². The highest BCUT2D eigenvalue weighted by molar-refractivity contribution is 5.59. The fourth-order valence-electron chi connectivity index (χ4n) is 1.26. The monoisotopic (exact) mass is 197 g/mol. The molecule has 2 aromatic rings. The molecule has 0 aliphatic rings. The predicted molar refractivity (Wildman–Crippen MR) is 55.0 cm³/mol. The summed E-state index contributed by atoms with van der Waals surface area (Å²) in [5.74, 6) is 0. The Labute approximate surface area is 85.8 Å². The third-order valence-corrected chi connectivity index (χ3v) is 1.95. The van der Waals surface area contributed by atoms with Crippen LogP contribution in [0.5, 0.6) is 0 Å². The molecule has 0 aliphatic heterocycles. The SMILES string of the molecule is N#Cc1cncc(-c2cc(=O)cc[nH]2)c1. The Morgan fingerprint density at radius 1 is 1.33 bits per heavy atom. The minimum Gasteiger partial charge on any atom is -0.361 e. The zero-order valence-electron chi connectivity index (χ0n) is 7.77. The van der Waals surface area contributed by atoms with E-state index in [-0.39, 0.29) is 5.43 Å². The standard InChI is InChI=1S/C11H7N3O/c12-5-8-3-9(7-13-6-8)11-4-10(15)1-2-14-11/h1-4,6-7H,(H,14,15). The van der Waals surface area contributed by atoms with Gasteiger partial charge in [-0.15, -0.1) is 0 Å². The number of pyridine rings is 2. The van der Waals surface area contributed by atoms with E-state index in [2.05, 4.69) is 9.97 Å². The summed E-state index contributed by atoms with van der Waals surface area (Å²) < 4.78 is 0. The summed E-state index contributed by atoms with van der Waals surface area (Å²) >= 11 is 0. The lowest BCUT2D eigenvalue weighted by Gasteiger charge is -1.99. The number of rotatable bonds is 1. The minimum atomic E-state index is -0.0777. The van der Waals surface area contributed by atoms with Crippen molar-refractivity contribution in [3.05, 3.63) is 52.6 Å². The van der Waals surface area contributed by atoms with Gasteiger partial charge in [0.25, 0.3) is 0 Å². The molecule has 0 amide bonds. The molecular weight excluding hydrogens is 190 g/mol. The Bertz CT molecular complexity index is 581. The molecule has 4 heteroatoms. The van der Waals surface area contributed by atoms with E-state index in [4.69, 9.17) is 5.26 Å². The average molecular weight is 197 g/mol. The van der Waals surface area contributed by atoms with Gasteiger partial charge in [0, 0.05) is 36.3 Å². The molecule has 4 nitrogen and oxygen atoms in total. The second-order valence-corrected chi connectivity index (χ2v) is 3.01. The van der Waals surface area contributed by atoms with Gasteiger partial charge in [0.2, 0.25) is 0 Å². The number of aromatic nitrogens is 2. The molecule has 2 aromatic heterocycles. The number of nitrogens with zero attached hydrogens (tertiary/aromatic N) is 2. The zero-order valence-corrected chi connectivity index (χ0v) is 7.77. The molecule has 2 rings (SSSR count). The summed E-state index contributed by atoms with van der Waals surface area (Å²) in [7, 11) is 0. The Morgan fingerprint density at radius 2 is 2.20 bits per heavy atom. The Hall–Kier alpha value is -2.41. The normalized spacial score (nSPS) is 9.53. The lowest BCUT2D eigenvalue weighted by atomic mass is 10.1. The predicted octanol–water partition coefficient (Wildman–Crippen LogP) is 1.31. The molecule has 15 heavy (non-hydrogen) atoms. The lowest BCUT2D eigenvalue weighted by molar-refractivity contribution is 1.25. The molecule has 0 atom stereocenters. The fourth-order valence-corrected chi connectivity index (χ4v) is 1.26. The van der Waals surface area contributed by atoms with Gasteiger partial charge in [-0.3, -0.25) is 9.78 Å². The first-order chi connectivity index (χ1) is 7.29. The molecule has 1 N–H and O–H groups in total. The van der Waals surface area contributed by atoms with Crippen molar-refractivity contribution < 1.29 is 0 Å². The van der Waals surface area contributed by atoms with Gasteiger partial charge < -0.3 is 4.98 Å². The topological polar surface area (TPSA) is 69.5 Å². The number of H-pyrrole nitrogens is 1. The zero-order chi connectivity index (χ0) is 10.7. The minimum absolute atomic E-state index is 0.0777. The first-order valence-corrected chi connectivity index (χ1v) is 4.34. The van der Waals surface area contributed by atoms with Crippen molar-refractivity contribution in [3.63, 3.8) is 0 Å². The highest BCUT2D eigenvalue weighted by atomic mass is 16.1. The van der Waals surface area contributed by atoms with Crippen molar-refractivity contribution in [3.8, 4) is 17.3 Å². The molecule has 0 radical (unpaired) electrons. The van der Waals surface area contributed by atoms with E-state index >= 15 is 0 Å². The van der Waals surface area contributed by atoms with Crippen molar-refractivity contribution in [2.24, 2.45) is 0 Å². The molecular formula is C11H7N3O. The van der Waals surface area contributed by atoms with E-state index in [0.717, 1.165) is 5.56 Å². The molecule has 72 valence electrons. The van der Waals surface area contributed by atoms with Gasteiger partial charge in [-0.05, 0) is 6.07 Å². The number of hydrogen-bond acceptors (Lipinski definition) is 3. The summed E-state index contributed by atoms with van der Waals surface area (Å²) in [6.07, 6.45) is 4.65. The van der Waals surface area contributed by atoms with Crippen LogP contribution in [0.25, 0.3) is 11.3 Å². The van der Waals surface area contributed by atoms with Gasteiger partial charge in [-0.1, -0.05) is 0 Å². The number of nitrogens with one attached hydrogen (secondary N) is 1. The molecule has 0 aliphatic carbocycles. The van der Waals surface area contributed by atoms with Crippen molar-refractivity contribution >= 4 is 0 Å². The van der Waals surface area contributed by atoms with E-state index < -0.39 is 0 Å². The van der Waals surface area contributed by atoms with Gasteiger partial charge in [0.1, 0.15) is 6.07 Å². The highest BCUT2D eigenvalue weighted by Gasteiger charge is 2.00. The Balaban J connectivity index is 2.55. The summed E-state index contributed by atoms with van der Waals surface area (Å²) in [5.41, 5.74) is 1.78. The van der Waals surface area contributed by atoms with Crippen molar-refractivity contribution in [2.45, 2.75) is 0 Å². The van der Waals surface area contributed by atoms with E-state index in [0.29, 0.717) is 11.3 Å². The summed E-state index contributed by atoms with van der Waals surface area (Å²) in [6.45, 7) is 0. The molecule has 0 saturated heterocycles. The number of hydrogen-bond donors (Lipinski definition) is 1. The van der Waals surface area contributed by atoms with Crippen LogP contribution in [0.15, 0.2) is 41.6 Å². The van der Waals surface area contributed by atoms with E-state index in [1.54, 1.807) is 18.5 Å². The third-order valence-electron chi connectivity index (χ3n) is 1.95. The molecule has 0 fully saturated rings. The highest BCUT2D eigenvalue weighted by Crippen LogP contribution is 2.14.